The average Bonchev–Trinajstić information content (AvgIpc) is 2.62. The smallest absolute Gasteiger partial charge is 0.372 e. The number of benzene rings is 1. The monoisotopic (exact) mass is 202 g/mol. The molecule has 1 radical (unpaired) electrons. The molecular weight excluding hydrogens is 194 g/mol. The van der Waals surface area contributed by atoms with E-state index in [4.69, 9.17) is 5.11 Å². The van der Waals surface area contributed by atoms with Crippen molar-refractivity contribution in [2.75, 3.05) is 0 Å². The van der Waals surface area contributed by atoms with E-state index in [1.165, 1.54) is 0 Å². The first-order valence-electron chi connectivity index (χ1n) is 4.44. The number of nitrogens with zero attached hydrogens (tertiary/aromatic N) is 1. The number of aliphatic carboxylic acids is 1. The summed E-state index contributed by atoms with van der Waals surface area (Å²) in [6, 6.07) is 7.33. The zero-order chi connectivity index (χ0) is 10.8. The lowest BCUT2D eigenvalue weighted by atomic mass is 10.0. The number of carbonyl (C=O) groups is 2. The number of carboxylic acids is 1. The van der Waals surface area contributed by atoms with Crippen molar-refractivity contribution in [1.82, 2.24) is 5.32 Å². The third-order valence-electron chi connectivity index (χ3n) is 2.20. The number of carbonyl (C=O) groups excluding carboxylic acids is 1. The van der Waals surface area contributed by atoms with Gasteiger partial charge in [-0.3, -0.25) is 10.1 Å². The van der Waals surface area contributed by atoms with Crippen LogP contribution in [0.15, 0.2) is 30.5 Å². The molecule has 0 saturated carbocycles. The Labute approximate surface area is 86.2 Å². The summed E-state index contributed by atoms with van der Waals surface area (Å²) in [5.74, 6) is -2.21. The van der Waals surface area contributed by atoms with E-state index in [1.807, 2.05) is 24.3 Å². The average molecular weight is 202 g/mol. The van der Waals surface area contributed by atoms with Gasteiger partial charge in [-0.2, -0.15) is 0 Å². The molecule has 15 heavy (non-hydrogen) atoms. The Balaban J connectivity index is 2.21. The topological polar surface area (TPSA) is 68.5 Å². The molecule has 75 valence electrons. The zero-order valence-electron chi connectivity index (χ0n) is 7.80. The Bertz CT molecular complexity index is 463. The van der Waals surface area contributed by atoms with Gasteiger partial charge in [0.05, 0.1) is 5.69 Å². The summed E-state index contributed by atoms with van der Waals surface area (Å²) in [5.41, 5.74) is 2.29. The Hall–Kier alpha value is -2.10. The fraction of sp³-hybridized carbons (Fsp3) is 0.0909. The van der Waals surface area contributed by atoms with E-state index in [2.05, 4.69) is 5.32 Å². The van der Waals surface area contributed by atoms with Gasteiger partial charge in [0.1, 0.15) is 0 Å². The summed E-state index contributed by atoms with van der Waals surface area (Å²) in [6.07, 6.45) is 1.45. The normalized spacial score (nSPS) is 12.7. The first kappa shape index (κ1) is 9.45. The van der Waals surface area contributed by atoms with Crippen molar-refractivity contribution in [2.45, 2.75) is 6.42 Å². The van der Waals surface area contributed by atoms with Gasteiger partial charge in [-0.15, -0.1) is 0 Å². The molecule has 4 heteroatoms. The summed E-state index contributed by atoms with van der Waals surface area (Å²) in [4.78, 5) is 21.4. The highest BCUT2D eigenvalue weighted by Gasteiger charge is 2.20. The van der Waals surface area contributed by atoms with Gasteiger partial charge in [-0.1, -0.05) is 18.2 Å². The summed E-state index contributed by atoms with van der Waals surface area (Å²) in [5, 5.41) is 12.6. The van der Waals surface area contributed by atoms with E-state index >= 15 is 0 Å². The highest BCUT2D eigenvalue weighted by atomic mass is 16.4. The molecule has 0 atom stereocenters. The molecule has 1 aromatic carbocycles. The maximum absolute atomic E-state index is 11.0. The maximum Gasteiger partial charge on any atom is 0.372 e. The van der Waals surface area contributed by atoms with E-state index in [1.54, 1.807) is 6.20 Å². The third kappa shape index (κ3) is 1.74. The molecule has 0 unspecified atom stereocenters. The largest absolute Gasteiger partial charge is 0.475 e. The minimum absolute atomic E-state index is 0.101. The number of Topliss-reactive ketones (excluding diaryl/α,β-unsaturated/α-hetero) is 1. The zero-order valence-corrected chi connectivity index (χ0v) is 7.80. The Morgan fingerprint density at radius 3 is 2.73 bits per heavy atom. The van der Waals surface area contributed by atoms with E-state index in [-0.39, 0.29) is 6.42 Å². The first-order chi connectivity index (χ1) is 7.18. The van der Waals surface area contributed by atoms with Crippen LogP contribution < -0.4 is 5.32 Å². The van der Waals surface area contributed by atoms with Gasteiger partial charge in [-0.05, 0) is 11.6 Å². The highest BCUT2D eigenvalue weighted by Crippen LogP contribution is 2.31. The number of hydrogen-bond acceptors (Lipinski definition) is 2. The number of carboxylic acid groups (broad SMARTS) is 1. The number of fused-ring (bicyclic) bond motifs is 1. The highest BCUT2D eigenvalue weighted by molar-refractivity contribution is 6.34. The molecule has 0 aromatic heterocycles. The molecule has 0 aliphatic carbocycles. The Morgan fingerprint density at radius 1 is 1.27 bits per heavy atom. The predicted octanol–water partition coefficient (Wildman–Crippen LogP) is 1.32. The summed E-state index contributed by atoms with van der Waals surface area (Å²) < 4.78 is 0. The quantitative estimate of drug-likeness (QED) is 0.751. The molecule has 0 saturated heterocycles. The van der Waals surface area contributed by atoms with Gasteiger partial charge in [-0.25, -0.2) is 4.79 Å². The molecule has 4 nitrogen and oxygen atoms in total. The minimum Gasteiger partial charge on any atom is -0.475 e. The van der Waals surface area contributed by atoms with Crippen molar-refractivity contribution >= 4 is 23.0 Å². The van der Waals surface area contributed by atoms with Crippen LogP contribution in [0.5, 0.6) is 0 Å². The van der Waals surface area contributed by atoms with Crippen LogP contribution in [0.25, 0.3) is 5.57 Å². The second kappa shape index (κ2) is 3.57. The summed E-state index contributed by atoms with van der Waals surface area (Å²) >= 11 is 0. The molecule has 1 aromatic rings. The van der Waals surface area contributed by atoms with Gasteiger partial charge in [0.2, 0.25) is 5.78 Å². The molecule has 0 amide bonds. The molecule has 1 aliphatic rings. The first-order valence-corrected chi connectivity index (χ1v) is 4.44. The molecule has 1 aliphatic heterocycles. The lowest BCUT2D eigenvalue weighted by Crippen LogP contribution is -2.12. The van der Waals surface area contributed by atoms with Gasteiger partial charge < -0.3 is 5.11 Å². The second-order valence-corrected chi connectivity index (χ2v) is 3.21. The fourth-order valence-electron chi connectivity index (χ4n) is 1.46. The van der Waals surface area contributed by atoms with E-state index in [0.29, 0.717) is 5.57 Å². The van der Waals surface area contributed by atoms with Crippen molar-refractivity contribution in [3.63, 3.8) is 0 Å². The number of para-hydroxylation sites is 1. The SMILES string of the molecule is O=C(O)C(=O)CC1=C[N]c2ccccc21. The number of rotatable bonds is 3. The molecule has 0 spiro atoms. The predicted molar refractivity (Wildman–Crippen MR) is 53.5 cm³/mol. The molecular formula is C11H8NO3. The van der Waals surface area contributed by atoms with Crippen molar-refractivity contribution in [3.05, 3.63) is 36.0 Å². The van der Waals surface area contributed by atoms with E-state index in [9.17, 15) is 9.59 Å². The van der Waals surface area contributed by atoms with Gasteiger partial charge in [0.25, 0.3) is 0 Å². The molecule has 1 N–H and O–H groups in total. The third-order valence-corrected chi connectivity index (χ3v) is 2.20. The fourth-order valence-corrected chi connectivity index (χ4v) is 1.46. The van der Waals surface area contributed by atoms with Gasteiger partial charge in [0, 0.05) is 18.2 Å². The number of allylic oxidation sites excluding steroid dienone is 1. The number of ketones is 1. The van der Waals surface area contributed by atoms with E-state index < -0.39 is 11.8 Å². The van der Waals surface area contributed by atoms with Crippen LogP contribution in [0.2, 0.25) is 0 Å². The van der Waals surface area contributed by atoms with Crippen LogP contribution in [0.1, 0.15) is 12.0 Å². The number of hydrogen-bond donors (Lipinski definition) is 1. The maximum atomic E-state index is 11.0. The molecule has 1 heterocycles. The van der Waals surface area contributed by atoms with Crippen LogP contribution in [0.3, 0.4) is 0 Å². The van der Waals surface area contributed by atoms with Crippen molar-refractivity contribution in [2.24, 2.45) is 0 Å². The van der Waals surface area contributed by atoms with Crippen LogP contribution in [-0.2, 0) is 9.59 Å². The molecule has 2 rings (SSSR count). The van der Waals surface area contributed by atoms with Crippen LogP contribution >= 0.6 is 0 Å². The van der Waals surface area contributed by atoms with E-state index in [0.717, 1.165) is 11.3 Å². The van der Waals surface area contributed by atoms with Crippen molar-refractivity contribution < 1.29 is 14.7 Å². The lowest BCUT2D eigenvalue weighted by Gasteiger charge is -2.00. The minimum atomic E-state index is -1.40. The lowest BCUT2D eigenvalue weighted by molar-refractivity contribution is -0.148. The van der Waals surface area contributed by atoms with Crippen LogP contribution in [0, 0.1) is 0 Å². The second-order valence-electron chi connectivity index (χ2n) is 3.21. The van der Waals surface area contributed by atoms with Crippen molar-refractivity contribution in [3.8, 4) is 0 Å². The summed E-state index contributed by atoms with van der Waals surface area (Å²) in [6.45, 7) is 0. The standard InChI is InChI=1S/C11H8NO3/c13-10(11(14)15)5-7-6-12-9-4-2-1-3-8(7)9/h1-4,6H,5H2,(H,14,15). The van der Waals surface area contributed by atoms with Crippen LogP contribution in [0.4, 0.5) is 5.69 Å². The molecule has 0 bridgehead atoms. The van der Waals surface area contributed by atoms with Gasteiger partial charge in [0.15, 0.2) is 0 Å². The van der Waals surface area contributed by atoms with Gasteiger partial charge >= 0.3 is 5.97 Å². The van der Waals surface area contributed by atoms with Crippen molar-refractivity contribution in [1.29, 1.82) is 0 Å². The molecule has 0 fully saturated rings. The Kier molecular flexibility index (Phi) is 2.25. The van der Waals surface area contributed by atoms with Crippen LogP contribution in [-0.4, -0.2) is 16.9 Å². The summed E-state index contributed by atoms with van der Waals surface area (Å²) in [7, 11) is 0. The Morgan fingerprint density at radius 2 is 2.00 bits per heavy atom.